The molecular formula is C32H38FN3O5S. The minimum atomic E-state index is -4.26. The summed E-state index contributed by atoms with van der Waals surface area (Å²) in [6.45, 7) is 3.25. The molecule has 1 saturated carbocycles. The number of halogens is 1. The average Bonchev–Trinajstić information content (AvgIpc) is 3.49. The Bertz CT molecular complexity index is 1460. The number of hydrogen-bond acceptors (Lipinski definition) is 5. The normalized spacial score (nSPS) is 14.3. The van der Waals surface area contributed by atoms with Gasteiger partial charge in [0.05, 0.1) is 17.7 Å². The van der Waals surface area contributed by atoms with Gasteiger partial charge in [0, 0.05) is 12.6 Å². The van der Waals surface area contributed by atoms with Crippen LogP contribution in [0.5, 0.6) is 5.75 Å². The van der Waals surface area contributed by atoms with Gasteiger partial charge in [0.15, 0.2) is 0 Å². The highest BCUT2D eigenvalue weighted by Crippen LogP contribution is 2.26. The van der Waals surface area contributed by atoms with Gasteiger partial charge in [-0.2, -0.15) is 0 Å². The number of benzene rings is 3. The van der Waals surface area contributed by atoms with Crippen LogP contribution in [0.1, 0.15) is 50.2 Å². The molecule has 10 heteroatoms. The maximum Gasteiger partial charge on any atom is 0.264 e. The van der Waals surface area contributed by atoms with Crippen molar-refractivity contribution in [3.05, 3.63) is 89.7 Å². The first-order valence-electron chi connectivity index (χ1n) is 14.2. The number of nitrogens with zero attached hydrogens (tertiary/aromatic N) is 2. The van der Waals surface area contributed by atoms with Gasteiger partial charge in [-0.1, -0.05) is 49.6 Å². The van der Waals surface area contributed by atoms with Gasteiger partial charge >= 0.3 is 0 Å². The van der Waals surface area contributed by atoms with Crippen molar-refractivity contribution in [3.8, 4) is 5.75 Å². The van der Waals surface area contributed by atoms with E-state index in [4.69, 9.17) is 4.74 Å². The van der Waals surface area contributed by atoms with E-state index in [1.807, 2.05) is 26.0 Å². The Morgan fingerprint density at radius 3 is 2.17 bits per heavy atom. The second kappa shape index (κ2) is 13.8. The number of rotatable bonds is 12. The number of anilines is 1. The van der Waals surface area contributed by atoms with E-state index in [0.29, 0.717) is 12.2 Å². The molecule has 0 unspecified atom stereocenters. The molecule has 1 atom stereocenters. The predicted octanol–water partition coefficient (Wildman–Crippen LogP) is 5.20. The predicted molar refractivity (Wildman–Crippen MR) is 160 cm³/mol. The van der Waals surface area contributed by atoms with Crippen LogP contribution in [-0.4, -0.2) is 50.9 Å². The highest BCUT2D eigenvalue weighted by molar-refractivity contribution is 7.92. The summed E-state index contributed by atoms with van der Waals surface area (Å²) in [6.07, 6.45) is 4.22. The van der Waals surface area contributed by atoms with Gasteiger partial charge in [0.2, 0.25) is 11.8 Å². The van der Waals surface area contributed by atoms with Crippen LogP contribution in [0.3, 0.4) is 0 Å². The molecule has 0 bridgehead atoms. The summed E-state index contributed by atoms with van der Waals surface area (Å²) in [5.41, 5.74) is 1.96. The van der Waals surface area contributed by atoms with Crippen LogP contribution in [0.25, 0.3) is 0 Å². The molecule has 1 N–H and O–H groups in total. The van der Waals surface area contributed by atoms with Crippen molar-refractivity contribution in [2.45, 2.75) is 69.5 Å². The molecule has 0 heterocycles. The van der Waals surface area contributed by atoms with Crippen LogP contribution in [0.2, 0.25) is 0 Å². The molecule has 0 spiro atoms. The van der Waals surface area contributed by atoms with Crippen molar-refractivity contribution in [3.63, 3.8) is 0 Å². The fourth-order valence-electron chi connectivity index (χ4n) is 5.19. The second-order valence-electron chi connectivity index (χ2n) is 10.6. The Balaban J connectivity index is 1.70. The quantitative estimate of drug-likeness (QED) is 0.310. The van der Waals surface area contributed by atoms with Gasteiger partial charge in [0.1, 0.15) is 24.2 Å². The Labute approximate surface area is 247 Å². The highest BCUT2D eigenvalue weighted by Gasteiger charge is 2.34. The first-order valence-corrected chi connectivity index (χ1v) is 15.6. The number of carbonyl (C=O) groups is 2. The molecule has 4 rings (SSSR count). The largest absolute Gasteiger partial charge is 0.497 e. The van der Waals surface area contributed by atoms with Crippen LogP contribution >= 0.6 is 0 Å². The summed E-state index contributed by atoms with van der Waals surface area (Å²) >= 11 is 0. The third-order valence-corrected chi connectivity index (χ3v) is 9.39. The third-order valence-electron chi connectivity index (χ3n) is 7.60. The molecule has 224 valence electrons. The number of hydrogen-bond donors (Lipinski definition) is 1. The minimum absolute atomic E-state index is 0.0624. The highest BCUT2D eigenvalue weighted by atomic mass is 32.2. The summed E-state index contributed by atoms with van der Waals surface area (Å²) in [5.74, 6) is -0.713. The van der Waals surface area contributed by atoms with E-state index in [-0.39, 0.29) is 29.1 Å². The van der Waals surface area contributed by atoms with Crippen molar-refractivity contribution in [1.82, 2.24) is 10.2 Å². The zero-order valence-electron chi connectivity index (χ0n) is 24.3. The molecule has 1 aliphatic rings. The molecule has 3 aromatic carbocycles. The van der Waals surface area contributed by atoms with E-state index in [2.05, 4.69) is 5.32 Å². The van der Waals surface area contributed by atoms with Crippen molar-refractivity contribution >= 4 is 27.5 Å². The summed E-state index contributed by atoms with van der Waals surface area (Å²) in [5, 5.41) is 3.10. The van der Waals surface area contributed by atoms with Gasteiger partial charge in [-0.05, 0) is 80.3 Å². The number of amides is 2. The SMILES string of the molecule is CC[C@@H](C(=O)NC1CCCC1)N(Cc1ccc(OC)cc1)C(=O)CN(c1ccc(C)cc1)S(=O)(=O)c1ccc(F)cc1. The van der Waals surface area contributed by atoms with E-state index in [9.17, 15) is 22.4 Å². The lowest BCUT2D eigenvalue weighted by atomic mass is 10.1. The zero-order chi connectivity index (χ0) is 30.3. The lowest BCUT2D eigenvalue weighted by Gasteiger charge is -2.33. The average molecular weight is 596 g/mol. The Morgan fingerprint density at radius 1 is 0.976 bits per heavy atom. The number of carbonyl (C=O) groups excluding carboxylic acids is 2. The van der Waals surface area contributed by atoms with E-state index in [1.54, 1.807) is 43.5 Å². The molecule has 1 aliphatic carbocycles. The van der Waals surface area contributed by atoms with Gasteiger partial charge in [-0.25, -0.2) is 12.8 Å². The molecule has 0 aromatic heterocycles. The van der Waals surface area contributed by atoms with Gasteiger partial charge in [-0.15, -0.1) is 0 Å². The summed E-state index contributed by atoms with van der Waals surface area (Å²) < 4.78 is 47.6. The first kappa shape index (κ1) is 31.0. The number of aryl methyl sites for hydroxylation is 1. The molecule has 2 amide bonds. The summed E-state index contributed by atoms with van der Waals surface area (Å²) in [7, 11) is -2.70. The fraction of sp³-hybridized carbons (Fsp3) is 0.375. The molecular weight excluding hydrogens is 557 g/mol. The monoisotopic (exact) mass is 595 g/mol. The van der Waals surface area contributed by atoms with E-state index >= 15 is 0 Å². The topological polar surface area (TPSA) is 96.0 Å². The Hall–Kier alpha value is -3.92. The lowest BCUT2D eigenvalue weighted by molar-refractivity contribution is -0.140. The van der Waals surface area contributed by atoms with E-state index in [1.165, 1.54) is 17.0 Å². The van der Waals surface area contributed by atoms with Crippen molar-refractivity contribution in [2.24, 2.45) is 0 Å². The number of nitrogens with one attached hydrogen (secondary N) is 1. The number of sulfonamides is 1. The van der Waals surface area contributed by atoms with Crippen LogP contribution in [0.15, 0.2) is 77.7 Å². The van der Waals surface area contributed by atoms with Crippen LogP contribution in [0, 0.1) is 12.7 Å². The van der Waals surface area contributed by atoms with Crippen molar-refractivity contribution < 1.29 is 27.1 Å². The molecule has 0 saturated heterocycles. The first-order chi connectivity index (χ1) is 20.1. The fourth-order valence-corrected chi connectivity index (χ4v) is 6.60. The second-order valence-corrected chi connectivity index (χ2v) is 12.4. The lowest BCUT2D eigenvalue weighted by Crippen LogP contribution is -2.53. The van der Waals surface area contributed by atoms with Crippen molar-refractivity contribution in [1.29, 1.82) is 0 Å². The molecule has 0 aliphatic heterocycles. The smallest absolute Gasteiger partial charge is 0.264 e. The van der Waals surface area contributed by atoms with Crippen LogP contribution in [-0.2, 0) is 26.2 Å². The molecule has 0 radical (unpaired) electrons. The molecule has 3 aromatic rings. The van der Waals surface area contributed by atoms with Gasteiger partial charge < -0.3 is 15.0 Å². The maximum absolute atomic E-state index is 14.2. The summed E-state index contributed by atoms with van der Waals surface area (Å²) in [4.78, 5) is 29.0. The Kier molecular flexibility index (Phi) is 10.2. The van der Waals surface area contributed by atoms with Crippen LogP contribution < -0.4 is 14.4 Å². The molecule has 1 fully saturated rings. The summed E-state index contributed by atoms with van der Waals surface area (Å²) in [6, 6.07) is 17.7. The third kappa shape index (κ3) is 7.47. The maximum atomic E-state index is 14.2. The minimum Gasteiger partial charge on any atom is -0.497 e. The Morgan fingerprint density at radius 2 is 1.60 bits per heavy atom. The van der Waals surface area contributed by atoms with E-state index < -0.39 is 34.3 Å². The van der Waals surface area contributed by atoms with Crippen molar-refractivity contribution in [2.75, 3.05) is 18.0 Å². The zero-order valence-corrected chi connectivity index (χ0v) is 25.1. The van der Waals surface area contributed by atoms with Gasteiger partial charge in [-0.3, -0.25) is 13.9 Å². The number of ether oxygens (including phenoxy) is 1. The van der Waals surface area contributed by atoms with E-state index in [0.717, 1.165) is 53.2 Å². The molecule has 42 heavy (non-hydrogen) atoms. The molecule has 8 nitrogen and oxygen atoms in total. The number of methoxy groups -OCH3 is 1. The van der Waals surface area contributed by atoms with Gasteiger partial charge in [0.25, 0.3) is 10.0 Å². The standard InChI is InChI=1S/C32H38FN3O5S/c1-4-30(32(38)34-26-7-5-6-8-26)35(21-24-11-17-28(41-3)18-12-24)31(37)22-36(27-15-9-23(2)10-16-27)42(39,40)29-19-13-25(33)14-20-29/h9-20,26,30H,4-8,21-22H2,1-3H3,(H,34,38)/t30-/m0/s1. The van der Waals surface area contributed by atoms with Crippen LogP contribution in [0.4, 0.5) is 10.1 Å².